The summed E-state index contributed by atoms with van der Waals surface area (Å²) in [5, 5.41) is 0.912. The number of carbonyl (C=O) groups is 1. The van der Waals surface area contributed by atoms with Gasteiger partial charge in [-0.1, -0.05) is 35.9 Å². The van der Waals surface area contributed by atoms with E-state index in [0.29, 0.717) is 5.52 Å². The van der Waals surface area contributed by atoms with E-state index in [2.05, 4.69) is 4.72 Å². The highest BCUT2D eigenvalue weighted by Gasteiger charge is 2.20. The third-order valence-electron chi connectivity index (χ3n) is 3.68. The van der Waals surface area contributed by atoms with Crippen molar-refractivity contribution < 1.29 is 13.2 Å². The van der Waals surface area contributed by atoms with Crippen LogP contribution in [-0.4, -0.2) is 19.0 Å². The van der Waals surface area contributed by atoms with Crippen molar-refractivity contribution in [2.24, 2.45) is 0 Å². The summed E-state index contributed by atoms with van der Waals surface area (Å²) in [4.78, 5) is 12.5. The van der Waals surface area contributed by atoms with Gasteiger partial charge in [0.1, 0.15) is 0 Å². The molecule has 0 saturated carbocycles. The molecule has 0 aliphatic heterocycles. The van der Waals surface area contributed by atoms with Gasteiger partial charge in [-0.3, -0.25) is 4.57 Å². The molecule has 0 aliphatic carbocycles. The first kappa shape index (κ1) is 15.3. The van der Waals surface area contributed by atoms with Gasteiger partial charge in [-0.15, -0.1) is 0 Å². The molecule has 5 nitrogen and oxygen atoms in total. The number of carbonyl (C=O) groups excluding carboxylic acids is 1. The van der Waals surface area contributed by atoms with Gasteiger partial charge in [0.2, 0.25) is 0 Å². The maximum absolute atomic E-state index is 12.4. The molecule has 0 saturated heterocycles. The number of nitrogens with one attached hydrogen (secondary N) is 1. The van der Waals surface area contributed by atoms with E-state index in [9.17, 15) is 13.2 Å². The number of hydrogen-bond acceptors (Lipinski definition) is 3. The number of aromatic nitrogens is 1. The molecule has 0 atom stereocenters. The molecule has 118 valence electrons. The number of nitrogens with zero attached hydrogens (tertiary/aromatic N) is 1. The van der Waals surface area contributed by atoms with Crippen LogP contribution in [0.3, 0.4) is 0 Å². The Bertz CT molecular complexity index is 986. The fraction of sp³-hybridized carbons (Fsp3) is 0.118. The summed E-state index contributed by atoms with van der Waals surface area (Å²) < 4.78 is 28.1. The average Bonchev–Trinajstić information content (AvgIpc) is 2.85. The number of fused-ring (bicyclic) bond motifs is 1. The molecule has 0 radical (unpaired) electrons. The minimum atomic E-state index is -3.90. The molecule has 1 N–H and O–H groups in total. The molecule has 0 aliphatic rings. The van der Waals surface area contributed by atoms with E-state index in [4.69, 9.17) is 0 Å². The fourth-order valence-corrected chi connectivity index (χ4v) is 3.40. The summed E-state index contributed by atoms with van der Waals surface area (Å²) in [6, 6.07) is 13.0. The highest BCUT2D eigenvalue weighted by molar-refractivity contribution is 7.90. The Kier molecular flexibility index (Phi) is 3.69. The van der Waals surface area contributed by atoms with Gasteiger partial charge in [0.25, 0.3) is 10.0 Å². The van der Waals surface area contributed by atoms with Crippen LogP contribution in [0.2, 0.25) is 0 Å². The number of para-hydroxylation sites is 1. The minimum absolute atomic E-state index is 0.0598. The van der Waals surface area contributed by atoms with E-state index in [0.717, 1.165) is 16.5 Å². The molecule has 23 heavy (non-hydrogen) atoms. The van der Waals surface area contributed by atoms with E-state index in [1.807, 2.05) is 26.0 Å². The van der Waals surface area contributed by atoms with Crippen molar-refractivity contribution in [2.75, 3.05) is 0 Å². The zero-order valence-electron chi connectivity index (χ0n) is 12.8. The van der Waals surface area contributed by atoms with E-state index < -0.39 is 16.1 Å². The van der Waals surface area contributed by atoms with Crippen molar-refractivity contribution >= 4 is 27.0 Å². The van der Waals surface area contributed by atoms with Crippen LogP contribution in [0, 0.1) is 13.8 Å². The molecule has 0 unspecified atom stereocenters. The van der Waals surface area contributed by atoms with Gasteiger partial charge in [-0.2, -0.15) is 0 Å². The summed E-state index contributed by atoms with van der Waals surface area (Å²) in [5.41, 5.74) is 2.52. The predicted octanol–water partition coefficient (Wildman–Crippen LogP) is 3.20. The highest BCUT2D eigenvalue weighted by atomic mass is 32.2. The number of aryl methyl sites for hydroxylation is 2. The lowest BCUT2D eigenvalue weighted by Crippen LogP contribution is -2.33. The highest BCUT2D eigenvalue weighted by Crippen LogP contribution is 2.20. The monoisotopic (exact) mass is 328 g/mol. The summed E-state index contributed by atoms with van der Waals surface area (Å²) in [6.45, 7) is 3.74. The van der Waals surface area contributed by atoms with Gasteiger partial charge in [-0.05, 0) is 37.6 Å². The molecular formula is C17H16N2O3S. The van der Waals surface area contributed by atoms with Crippen LogP contribution in [0.25, 0.3) is 10.9 Å². The van der Waals surface area contributed by atoms with Crippen LogP contribution < -0.4 is 4.72 Å². The summed E-state index contributed by atoms with van der Waals surface area (Å²) >= 11 is 0. The standard InChI is InChI=1S/C17H16N2O3S/c1-12-7-9-14(10-8-12)23(21,22)18-17(20)19-11-13(2)15-5-3-4-6-16(15)19/h3-11H,1-2H3,(H,18,20). The Morgan fingerprint density at radius 3 is 2.35 bits per heavy atom. The zero-order valence-corrected chi connectivity index (χ0v) is 13.6. The molecule has 1 aromatic heterocycles. The van der Waals surface area contributed by atoms with Gasteiger partial charge in [-0.25, -0.2) is 17.9 Å². The topological polar surface area (TPSA) is 68.2 Å². The Labute approximate surface area is 134 Å². The first-order valence-corrected chi connectivity index (χ1v) is 8.57. The summed E-state index contributed by atoms with van der Waals surface area (Å²) in [7, 11) is -3.90. The van der Waals surface area contributed by atoms with Crippen molar-refractivity contribution in [3.63, 3.8) is 0 Å². The minimum Gasteiger partial charge on any atom is -0.268 e. The van der Waals surface area contributed by atoms with Gasteiger partial charge >= 0.3 is 6.03 Å². The smallest absolute Gasteiger partial charge is 0.268 e. The molecule has 0 fully saturated rings. The van der Waals surface area contributed by atoms with Crippen molar-refractivity contribution in [3.8, 4) is 0 Å². The van der Waals surface area contributed by atoms with E-state index in [-0.39, 0.29) is 4.90 Å². The molecular weight excluding hydrogens is 312 g/mol. The van der Waals surface area contributed by atoms with Gasteiger partial charge in [0.15, 0.2) is 0 Å². The number of hydrogen-bond donors (Lipinski definition) is 1. The zero-order chi connectivity index (χ0) is 16.6. The summed E-state index contributed by atoms with van der Waals surface area (Å²) in [6.07, 6.45) is 1.63. The molecule has 0 spiro atoms. The summed E-state index contributed by atoms with van der Waals surface area (Å²) in [5.74, 6) is 0. The van der Waals surface area contributed by atoms with Gasteiger partial charge in [0, 0.05) is 11.6 Å². The fourth-order valence-electron chi connectivity index (χ4n) is 2.46. The van der Waals surface area contributed by atoms with Crippen LogP contribution >= 0.6 is 0 Å². The quantitative estimate of drug-likeness (QED) is 0.785. The molecule has 0 bridgehead atoms. The Balaban J connectivity index is 1.96. The Morgan fingerprint density at radius 1 is 1.00 bits per heavy atom. The van der Waals surface area contributed by atoms with Crippen molar-refractivity contribution in [1.82, 2.24) is 9.29 Å². The molecule has 6 heteroatoms. The van der Waals surface area contributed by atoms with Crippen molar-refractivity contribution in [2.45, 2.75) is 18.7 Å². The first-order chi connectivity index (χ1) is 10.9. The second-order valence-electron chi connectivity index (χ2n) is 5.42. The SMILES string of the molecule is Cc1ccc(S(=O)(=O)NC(=O)n2cc(C)c3ccccc32)cc1. The van der Waals surface area contributed by atoms with Crippen LogP contribution in [0.1, 0.15) is 11.1 Å². The predicted molar refractivity (Wildman–Crippen MR) is 89.0 cm³/mol. The van der Waals surface area contributed by atoms with Crippen LogP contribution in [0.15, 0.2) is 59.6 Å². The Morgan fingerprint density at radius 2 is 1.65 bits per heavy atom. The van der Waals surface area contributed by atoms with E-state index >= 15 is 0 Å². The lowest BCUT2D eigenvalue weighted by molar-refractivity contribution is 0.248. The molecule has 3 aromatic rings. The largest absolute Gasteiger partial charge is 0.339 e. The van der Waals surface area contributed by atoms with Crippen LogP contribution in [-0.2, 0) is 10.0 Å². The van der Waals surface area contributed by atoms with Crippen molar-refractivity contribution in [3.05, 3.63) is 65.9 Å². The van der Waals surface area contributed by atoms with E-state index in [1.165, 1.54) is 16.7 Å². The average molecular weight is 328 g/mol. The van der Waals surface area contributed by atoms with Crippen LogP contribution in [0.4, 0.5) is 4.79 Å². The number of amides is 1. The third-order valence-corrected chi connectivity index (χ3v) is 5.02. The number of rotatable bonds is 2. The molecule has 1 amide bonds. The number of sulfonamides is 1. The second-order valence-corrected chi connectivity index (χ2v) is 7.11. The molecule has 1 heterocycles. The molecule has 3 rings (SSSR count). The lowest BCUT2D eigenvalue weighted by Gasteiger charge is -2.08. The van der Waals surface area contributed by atoms with E-state index in [1.54, 1.807) is 30.5 Å². The maximum atomic E-state index is 12.4. The normalized spacial score (nSPS) is 11.6. The molecule has 2 aromatic carbocycles. The van der Waals surface area contributed by atoms with Gasteiger partial charge in [0.05, 0.1) is 10.4 Å². The maximum Gasteiger partial charge on any atom is 0.339 e. The second kappa shape index (κ2) is 5.55. The first-order valence-electron chi connectivity index (χ1n) is 7.09. The van der Waals surface area contributed by atoms with Gasteiger partial charge < -0.3 is 0 Å². The van der Waals surface area contributed by atoms with Crippen LogP contribution in [0.5, 0.6) is 0 Å². The number of benzene rings is 2. The van der Waals surface area contributed by atoms with Crippen molar-refractivity contribution in [1.29, 1.82) is 0 Å². The third kappa shape index (κ3) is 2.85. The lowest BCUT2D eigenvalue weighted by atomic mass is 10.2. The Hall–Kier alpha value is -2.60.